The van der Waals surface area contributed by atoms with Gasteiger partial charge in [0.2, 0.25) is 11.9 Å². The molecule has 2 aromatic heterocycles. The maximum atomic E-state index is 12.0. The number of carbonyl (C=O) groups is 1. The fraction of sp³-hybridized carbons (Fsp3) is 0.429. The van der Waals surface area contributed by atoms with Crippen LogP contribution in [0.1, 0.15) is 12.8 Å². The second-order valence-corrected chi connectivity index (χ2v) is 10.9. The van der Waals surface area contributed by atoms with Crippen molar-refractivity contribution in [3.8, 4) is 22.8 Å². The Hall–Kier alpha value is -3.38. The first-order valence-electron chi connectivity index (χ1n) is 13.3. The molecule has 3 fully saturated rings. The summed E-state index contributed by atoms with van der Waals surface area (Å²) in [6, 6.07) is 3.30. The third-order valence-electron chi connectivity index (χ3n) is 7.73. The molecule has 216 valence electrons. The van der Waals surface area contributed by atoms with Gasteiger partial charge in [-0.05, 0) is 25.0 Å². The number of rotatable bonds is 8. The van der Waals surface area contributed by atoms with Crippen molar-refractivity contribution in [1.29, 1.82) is 0 Å². The van der Waals surface area contributed by atoms with Crippen LogP contribution in [0.4, 0.5) is 11.8 Å². The Balaban J connectivity index is 1.44. The van der Waals surface area contributed by atoms with Gasteiger partial charge in [-0.25, -0.2) is 15.0 Å². The normalized spacial score (nSPS) is 23.5. The molecule has 0 aliphatic carbocycles. The van der Waals surface area contributed by atoms with Crippen LogP contribution >= 0.6 is 23.2 Å². The third kappa shape index (κ3) is 5.23. The molecular weight excluding hydrogens is 571 g/mol. The second kappa shape index (κ2) is 11.5. The average molecular weight is 601 g/mol. The predicted molar refractivity (Wildman–Crippen MR) is 156 cm³/mol. The van der Waals surface area contributed by atoms with E-state index in [1.165, 1.54) is 20.3 Å². The van der Waals surface area contributed by atoms with Crippen molar-refractivity contribution in [1.82, 2.24) is 20.3 Å². The first-order chi connectivity index (χ1) is 19.9. The molecule has 3 aliphatic heterocycles. The smallest absolute Gasteiger partial charge is 0.243 e. The largest absolute Gasteiger partial charge is 0.495 e. The highest BCUT2D eigenvalue weighted by molar-refractivity contribution is 6.41. The molecule has 41 heavy (non-hydrogen) atoms. The predicted octanol–water partition coefficient (Wildman–Crippen LogP) is 3.86. The molecule has 6 rings (SSSR count). The molecule has 0 saturated carbocycles. The first kappa shape index (κ1) is 27.8. The van der Waals surface area contributed by atoms with Crippen LogP contribution < -0.4 is 25.0 Å². The van der Waals surface area contributed by atoms with Crippen LogP contribution in [0.15, 0.2) is 31.0 Å². The van der Waals surface area contributed by atoms with E-state index in [2.05, 4.69) is 27.1 Å². The van der Waals surface area contributed by atoms with E-state index in [0.717, 1.165) is 11.8 Å². The van der Waals surface area contributed by atoms with Crippen molar-refractivity contribution in [3.05, 3.63) is 41.0 Å². The number of morpholine rings is 1. The van der Waals surface area contributed by atoms with E-state index in [1.807, 2.05) is 6.07 Å². The van der Waals surface area contributed by atoms with Gasteiger partial charge in [0, 0.05) is 36.4 Å². The molecule has 4 atom stereocenters. The second-order valence-electron chi connectivity index (χ2n) is 10.2. The van der Waals surface area contributed by atoms with E-state index in [9.17, 15) is 4.79 Å². The number of fused-ring (bicyclic) bond motifs is 3. The lowest BCUT2D eigenvalue weighted by Crippen LogP contribution is -2.52. The molecule has 3 saturated heterocycles. The number of nitrogens with zero attached hydrogens (tertiary/aromatic N) is 4. The van der Waals surface area contributed by atoms with Gasteiger partial charge in [0.15, 0.2) is 5.82 Å². The number of aromatic nitrogens is 3. The summed E-state index contributed by atoms with van der Waals surface area (Å²) < 4.78 is 22.5. The molecule has 13 heteroatoms. The molecule has 11 nitrogen and oxygen atoms in total. The summed E-state index contributed by atoms with van der Waals surface area (Å²) in [4.78, 5) is 28.8. The SMILES string of the molecule is C=CC(=O)N[C@H]1CCOC[C@H]1Nc1ncc2cc(-c3c(Cl)c(OC)cc(OC)c3Cl)nc(N3CC4CC3CO4)c2n1. The van der Waals surface area contributed by atoms with Gasteiger partial charge in [-0.2, -0.15) is 0 Å². The number of ether oxygens (including phenoxy) is 4. The Kier molecular flexibility index (Phi) is 7.78. The van der Waals surface area contributed by atoms with Gasteiger partial charge in [0.05, 0.1) is 67.4 Å². The number of methoxy groups -OCH3 is 2. The maximum absolute atomic E-state index is 12.0. The van der Waals surface area contributed by atoms with Crippen LogP contribution in [0.3, 0.4) is 0 Å². The van der Waals surface area contributed by atoms with Gasteiger partial charge in [-0.3, -0.25) is 4.79 Å². The van der Waals surface area contributed by atoms with Crippen molar-refractivity contribution >= 4 is 51.8 Å². The van der Waals surface area contributed by atoms with Crippen molar-refractivity contribution in [2.75, 3.05) is 50.8 Å². The lowest BCUT2D eigenvalue weighted by atomic mass is 10.0. The van der Waals surface area contributed by atoms with E-state index < -0.39 is 0 Å². The number of amides is 1. The van der Waals surface area contributed by atoms with Crippen LogP contribution in [0, 0.1) is 0 Å². The van der Waals surface area contributed by atoms with Gasteiger partial charge in [0.1, 0.15) is 17.0 Å². The molecule has 3 aromatic rings. The summed E-state index contributed by atoms with van der Waals surface area (Å²) in [6.45, 7) is 5.81. The minimum Gasteiger partial charge on any atom is -0.495 e. The zero-order valence-corrected chi connectivity index (χ0v) is 24.2. The summed E-state index contributed by atoms with van der Waals surface area (Å²) in [7, 11) is 3.07. The highest BCUT2D eigenvalue weighted by Crippen LogP contribution is 2.47. The molecule has 0 spiro atoms. The highest BCUT2D eigenvalue weighted by atomic mass is 35.5. The van der Waals surface area contributed by atoms with E-state index in [-0.39, 0.29) is 30.1 Å². The summed E-state index contributed by atoms with van der Waals surface area (Å²) in [5.41, 5.74) is 1.71. The van der Waals surface area contributed by atoms with Crippen molar-refractivity contribution in [2.45, 2.75) is 37.1 Å². The van der Waals surface area contributed by atoms with Crippen molar-refractivity contribution < 1.29 is 23.7 Å². The maximum Gasteiger partial charge on any atom is 0.243 e. The topological polar surface area (TPSA) is 120 Å². The lowest BCUT2D eigenvalue weighted by Gasteiger charge is -2.32. The van der Waals surface area contributed by atoms with Gasteiger partial charge < -0.3 is 34.5 Å². The minimum atomic E-state index is -0.236. The Morgan fingerprint density at radius 1 is 1.15 bits per heavy atom. The van der Waals surface area contributed by atoms with E-state index in [4.69, 9.17) is 52.1 Å². The van der Waals surface area contributed by atoms with Crippen LogP contribution in [0.2, 0.25) is 10.0 Å². The van der Waals surface area contributed by atoms with Crippen LogP contribution in [0.25, 0.3) is 22.2 Å². The molecule has 1 amide bonds. The van der Waals surface area contributed by atoms with E-state index in [1.54, 1.807) is 12.3 Å². The Morgan fingerprint density at radius 2 is 1.93 bits per heavy atom. The van der Waals surface area contributed by atoms with Crippen LogP contribution in [-0.4, -0.2) is 85.7 Å². The molecule has 1 aromatic carbocycles. The Morgan fingerprint density at radius 3 is 2.59 bits per heavy atom. The monoisotopic (exact) mass is 600 g/mol. The average Bonchev–Trinajstić information content (AvgIpc) is 3.62. The summed E-state index contributed by atoms with van der Waals surface area (Å²) in [5.74, 6) is 1.69. The molecule has 0 radical (unpaired) electrons. The molecule has 2 unspecified atom stereocenters. The van der Waals surface area contributed by atoms with Gasteiger partial charge >= 0.3 is 0 Å². The van der Waals surface area contributed by atoms with Gasteiger partial charge in [-0.15, -0.1) is 0 Å². The first-order valence-corrected chi connectivity index (χ1v) is 14.1. The fourth-order valence-corrected chi connectivity index (χ4v) is 6.34. The molecule has 2 N–H and O–H groups in total. The van der Waals surface area contributed by atoms with Crippen LogP contribution in [-0.2, 0) is 14.3 Å². The highest BCUT2D eigenvalue weighted by Gasteiger charge is 2.41. The zero-order valence-electron chi connectivity index (χ0n) is 22.7. The molecular formula is C28H30Cl2N6O5. The van der Waals surface area contributed by atoms with Crippen LogP contribution in [0.5, 0.6) is 11.5 Å². The standard InChI is InChI=1S/C28H30Cl2N6O5/c1-4-22(37)32-17-5-6-40-13-19(17)34-28-31-10-14-7-18(23-24(29)20(38-2)9-21(39-3)25(23)30)33-27(26(14)35-28)36-11-16-8-15(36)12-41-16/h4,7,9-10,15-17,19H,1,5-6,8,11-13H2,2-3H3,(H,32,37)(H,31,34,35)/t15?,16?,17-,19+/m0/s1. The summed E-state index contributed by atoms with van der Waals surface area (Å²) in [6.07, 6.45) is 4.71. The number of pyridine rings is 1. The molecule has 2 bridgehead atoms. The number of halogens is 2. The van der Waals surface area contributed by atoms with Gasteiger partial charge in [-0.1, -0.05) is 29.8 Å². The fourth-order valence-electron chi connectivity index (χ4n) is 5.65. The van der Waals surface area contributed by atoms with Crippen molar-refractivity contribution in [2.24, 2.45) is 0 Å². The third-order valence-corrected chi connectivity index (χ3v) is 8.48. The van der Waals surface area contributed by atoms with Gasteiger partial charge in [0.25, 0.3) is 0 Å². The molecule has 5 heterocycles. The van der Waals surface area contributed by atoms with E-state index >= 15 is 0 Å². The quantitative estimate of drug-likeness (QED) is 0.369. The summed E-state index contributed by atoms with van der Waals surface area (Å²) in [5, 5.41) is 7.73. The Labute approximate surface area is 247 Å². The zero-order chi connectivity index (χ0) is 28.7. The van der Waals surface area contributed by atoms with E-state index in [0.29, 0.717) is 82.9 Å². The number of hydrogen-bond donors (Lipinski definition) is 2. The lowest BCUT2D eigenvalue weighted by molar-refractivity contribution is -0.117. The number of nitrogens with one attached hydrogen (secondary N) is 2. The molecule has 3 aliphatic rings. The number of hydrogen-bond acceptors (Lipinski definition) is 10. The Bertz CT molecular complexity index is 1480. The number of anilines is 2. The van der Waals surface area contributed by atoms with Crippen molar-refractivity contribution in [3.63, 3.8) is 0 Å². The number of carbonyl (C=O) groups excluding carboxylic acids is 1. The minimum absolute atomic E-state index is 0.137. The summed E-state index contributed by atoms with van der Waals surface area (Å²) >= 11 is 13.5. The number of benzene rings is 1.